The standard InChI is InChI=1S/C22H25N5O3/c1-16-3-5-17(6-4-16)18-13-24-20(30-18)7-8-22(28)27-11-9-26(10-12-27)19-14-23-15-21(25-19)29-2/h3-6,13-15H,7-12H2,1-2H3. The van der Waals surface area contributed by atoms with Gasteiger partial charge in [0.25, 0.3) is 0 Å². The molecule has 0 atom stereocenters. The summed E-state index contributed by atoms with van der Waals surface area (Å²) in [5.41, 5.74) is 2.19. The van der Waals surface area contributed by atoms with E-state index in [1.165, 1.54) is 5.56 Å². The van der Waals surface area contributed by atoms with Gasteiger partial charge in [-0.3, -0.25) is 9.78 Å². The number of nitrogens with zero attached hydrogens (tertiary/aromatic N) is 5. The van der Waals surface area contributed by atoms with Crippen LogP contribution in [0.3, 0.4) is 0 Å². The number of oxazole rings is 1. The van der Waals surface area contributed by atoms with E-state index in [1.807, 2.05) is 36.1 Å². The molecule has 0 bridgehead atoms. The van der Waals surface area contributed by atoms with E-state index in [4.69, 9.17) is 9.15 Å². The maximum atomic E-state index is 12.6. The highest BCUT2D eigenvalue weighted by Crippen LogP contribution is 2.22. The van der Waals surface area contributed by atoms with Crippen molar-refractivity contribution < 1.29 is 13.9 Å². The van der Waals surface area contributed by atoms with Gasteiger partial charge in [0.1, 0.15) is 0 Å². The summed E-state index contributed by atoms with van der Waals surface area (Å²) in [7, 11) is 1.57. The summed E-state index contributed by atoms with van der Waals surface area (Å²) in [4.78, 5) is 29.5. The van der Waals surface area contributed by atoms with E-state index in [0.717, 1.165) is 17.1 Å². The zero-order valence-electron chi connectivity index (χ0n) is 17.2. The van der Waals surface area contributed by atoms with Crippen LogP contribution in [-0.4, -0.2) is 59.0 Å². The van der Waals surface area contributed by atoms with E-state index in [2.05, 4.69) is 19.9 Å². The molecule has 156 valence electrons. The number of benzene rings is 1. The Morgan fingerprint density at radius 2 is 1.87 bits per heavy atom. The van der Waals surface area contributed by atoms with Gasteiger partial charge in [-0.15, -0.1) is 0 Å². The molecular weight excluding hydrogens is 382 g/mol. The Bertz CT molecular complexity index is 994. The van der Waals surface area contributed by atoms with Crippen LogP contribution in [0.5, 0.6) is 5.88 Å². The monoisotopic (exact) mass is 407 g/mol. The predicted molar refractivity (Wildman–Crippen MR) is 112 cm³/mol. The molecule has 1 saturated heterocycles. The number of aryl methyl sites for hydroxylation is 2. The number of hydrogen-bond acceptors (Lipinski definition) is 7. The second-order valence-corrected chi connectivity index (χ2v) is 7.27. The molecule has 1 aromatic carbocycles. The van der Waals surface area contributed by atoms with Crippen molar-refractivity contribution in [2.24, 2.45) is 0 Å². The second kappa shape index (κ2) is 8.94. The molecule has 0 aliphatic carbocycles. The molecule has 2 aromatic heterocycles. The van der Waals surface area contributed by atoms with Crippen LogP contribution in [-0.2, 0) is 11.2 Å². The van der Waals surface area contributed by atoms with Crippen molar-refractivity contribution >= 4 is 11.7 Å². The first kappa shape index (κ1) is 19.9. The number of anilines is 1. The number of piperazine rings is 1. The van der Waals surface area contributed by atoms with E-state index >= 15 is 0 Å². The molecular formula is C22H25N5O3. The molecule has 1 aliphatic rings. The third kappa shape index (κ3) is 4.59. The van der Waals surface area contributed by atoms with Crippen LogP contribution in [0.15, 0.2) is 47.3 Å². The first-order valence-corrected chi connectivity index (χ1v) is 10.0. The van der Waals surface area contributed by atoms with Crippen molar-refractivity contribution in [2.45, 2.75) is 19.8 Å². The zero-order chi connectivity index (χ0) is 20.9. The van der Waals surface area contributed by atoms with Crippen molar-refractivity contribution in [3.05, 3.63) is 54.3 Å². The van der Waals surface area contributed by atoms with E-state index < -0.39 is 0 Å². The molecule has 3 aromatic rings. The Labute approximate surface area is 175 Å². The summed E-state index contributed by atoms with van der Waals surface area (Å²) < 4.78 is 11.0. The lowest BCUT2D eigenvalue weighted by molar-refractivity contribution is -0.131. The SMILES string of the molecule is COc1cncc(N2CCN(C(=O)CCc3ncc(-c4ccc(C)cc4)o3)CC2)n1. The lowest BCUT2D eigenvalue weighted by Gasteiger charge is -2.35. The van der Waals surface area contributed by atoms with Gasteiger partial charge in [-0.25, -0.2) is 4.98 Å². The molecule has 1 fully saturated rings. The fourth-order valence-electron chi connectivity index (χ4n) is 3.42. The Balaban J connectivity index is 1.28. The van der Waals surface area contributed by atoms with Gasteiger partial charge in [0, 0.05) is 44.6 Å². The van der Waals surface area contributed by atoms with Gasteiger partial charge >= 0.3 is 0 Å². The third-order valence-corrected chi connectivity index (χ3v) is 5.21. The van der Waals surface area contributed by atoms with Crippen LogP contribution in [0, 0.1) is 6.92 Å². The van der Waals surface area contributed by atoms with Crippen LogP contribution in [0.2, 0.25) is 0 Å². The molecule has 0 unspecified atom stereocenters. The minimum absolute atomic E-state index is 0.112. The zero-order valence-corrected chi connectivity index (χ0v) is 17.2. The van der Waals surface area contributed by atoms with E-state index in [1.54, 1.807) is 25.7 Å². The molecule has 0 radical (unpaired) electrons. The number of carbonyl (C=O) groups excluding carboxylic acids is 1. The average molecular weight is 407 g/mol. The minimum Gasteiger partial charge on any atom is -0.480 e. The van der Waals surface area contributed by atoms with Crippen LogP contribution in [0.1, 0.15) is 17.9 Å². The molecule has 3 heterocycles. The van der Waals surface area contributed by atoms with Gasteiger partial charge in [0.15, 0.2) is 17.5 Å². The summed E-state index contributed by atoms with van der Waals surface area (Å²) in [6, 6.07) is 8.10. The van der Waals surface area contributed by atoms with Crippen molar-refractivity contribution in [3.8, 4) is 17.2 Å². The summed E-state index contributed by atoms with van der Waals surface area (Å²) in [6.07, 6.45) is 5.89. The van der Waals surface area contributed by atoms with Gasteiger partial charge in [-0.1, -0.05) is 29.8 Å². The highest BCUT2D eigenvalue weighted by atomic mass is 16.5. The average Bonchev–Trinajstić information content (AvgIpc) is 3.27. The van der Waals surface area contributed by atoms with E-state index in [9.17, 15) is 4.79 Å². The lowest BCUT2D eigenvalue weighted by Crippen LogP contribution is -2.49. The van der Waals surface area contributed by atoms with E-state index in [0.29, 0.717) is 50.8 Å². The predicted octanol–water partition coefficient (Wildman–Crippen LogP) is 2.73. The van der Waals surface area contributed by atoms with E-state index in [-0.39, 0.29) is 5.91 Å². The van der Waals surface area contributed by atoms with Gasteiger partial charge in [0.05, 0.1) is 25.7 Å². The number of aromatic nitrogens is 3. The molecule has 4 rings (SSSR count). The number of rotatable bonds is 6. The molecule has 0 spiro atoms. The van der Waals surface area contributed by atoms with Gasteiger partial charge < -0.3 is 19.0 Å². The summed E-state index contributed by atoms with van der Waals surface area (Å²) in [5.74, 6) is 2.68. The molecule has 8 nitrogen and oxygen atoms in total. The van der Waals surface area contributed by atoms with Gasteiger partial charge in [0.2, 0.25) is 11.8 Å². The van der Waals surface area contributed by atoms with Gasteiger partial charge in [-0.05, 0) is 6.92 Å². The molecule has 8 heteroatoms. The lowest BCUT2D eigenvalue weighted by atomic mass is 10.1. The topological polar surface area (TPSA) is 84.6 Å². The fourth-order valence-corrected chi connectivity index (χ4v) is 3.42. The minimum atomic E-state index is 0.112. The molecule has 0 N–H and O–H groups in total. The first-order valence-electron chi connectivity index (χ1n) is 10.0. The number of carbonyl (C=O) groups is 1. The van der Waals surface area contributed by atoms with Crippen molar-refractivity contribution in [3.63, 3.8) is 0 Å². The highest BCUT2D eigenvalue weighted by Gasteiger charge is 2.22. The second-order valence-electron chi connectivity index (χ2n) is 7.27. The van der Waals surface area contributed by atoms with Crippen LogP contribution in [0.25, 0.3) is 11.3 Å². The summed E-state index contributed by atoms with van der Waals surface area (Å²) in [6.45, 7) is 4.77. The highest BCUT2D eigenvalue weighted by molar-refractivity contribution is 5.76. The molecule has 1 aliphatic heterocycles. The van der Waals surface area contributed by atoms with Crippen LogP contribution < -0.4 is 9.64 Å². The molecule has 1 amide bonds. The number of methoxy groups -OCH3 is 1. The first-order chi connectivity index (χ1) is 14.6. The Kier molecular flexibility index (Phi) is 5.92. The number of hydrogen-bond donors (Lipinski definition) is 0. The maximum absolute atomic E-state index is 12.6. The smallest absolute Gasteiger partial charge is 0.233 e. The van der Waals surface area contributed by atoms with Crippen molar-refractivity contribution in [1.82, 2.24) is 19.9 Å². The Morgan fingerprint density at radius 1 is 1.10 bits per heavy atom. The number of ether oxygens (including phenoxy) is 1. The van der Waals surface area contributed by atoms with Crippen molar-refractivity contribution in [2.75, 3.05) is 38.2 Å². The Hall–Kier alpha value is -3.42. The van der Waals surface area contributed by atoms with Crippen LogP contribution >= 0.6 is 0 Å². The largest absolute Gasteiger partial charge is 0.480 e. The summed E-state index contributed by atoms with van der Waals surface area (Å²) in [5, 5.41) is 0. The van der Waals surface area contributed by atoms with Crippen LogP contribution in [0.4, 0.5) is 5.82 Å². The van der Waals surface area contributed by atoms with Crippen molar-refractivity contribution in [1.29, 1.82) is 0 Å². The summed E-state index contributed by atoms with van der Waals surface area (Å²) >= 11 is 0. The maximum Gasteiger partial charge on any atom is 0.233 e. The normalized spacial score (nSPS) is 14.1. The third-order valence-electron chi connectivity index (χ3n) is 5.21. The molecule has 0 saturated carbocycles. The van der Waals surface area contributed by atoms with Gasteiger partial charge in [-0.2, -0.15) is 4.98 Å². The molecule has 30 heavy (non-hydrogen) atoms. The number of amides is 1. The quantitative estimate of drug-likeness (QED) is 0.621. The fraction of sp³-hybridized carbons (Fsp3) is 0.364. The Morgan fingerprint density at radius 3 is 2.60 bits per heavy atom.